The van der Waals surface area contributed by atoms with E-state index in [9.17, 15) is 4.79 Å². The van der Waals surface area contributed by atoms with Gasteiger partial charge in [-0.3, -0.25) is 9.69 Å². The molecule has 1 amide bonds. The third-order valence-corrected chi connectivity index (χ3v) is 7.02. The highest BCUT2D eigenvalue weighted by Crippen LogP contribution is 2.41. The minimum absolute atomic E-state index is 0.194. The van der Waals surface area contributed by atoms with E-state index in [1.165, 1.54) is 37.8 Å². The molecule has 0 radical (unpaired) electrons. The zero-order valence-corrected chi connectivity index (χ0v) is 15.9. The Kier molecular flexibility index (Phi) is 5.32. The Balaban J connectivity index is 1.38. The molecule has 4 nitrogen and oxygen atoms in total. The Bertz CT molecular complexity index is 619. The van der Waals surface area contributed by atoms with Crippen LogP contribution in [-0.4, -0.2) is 48.4 Å². The first-order chi connectivity index (χ1) is 12.7. The first-order valence-electron chi connectivity index (χ1n) is 10.4. The van der Waals surface area contributed by atoms with Crippen molar-refractivity contribution in [2.75, 3.05) is 32.7 Å². The monoisotopic (exact) mass is 355 g/mol. The topological polar surface area (TPSA) is 49.6 Å². The van der Waals surface area contributed by atoms with Gasteiger partial charge in [-0.2, -0.15) is 0 Å². The number of rotatable bonds is 4. The number of nitrogens with zero attached hydrogens (tertiary/aromatic N) is 2. The van der Waals surface area contributed by atoms with E-state index >= 15 is 0 Å². The molecule has 3 aliphatic rings. The predicted molar refractivity (Wildman–Crippen MR) is 104 cm³/mol. The van der Waals surface area contributed by atoms with Crippen molar-refractivity contribution in [3.05, 3.63) is 35.9 Å². The van der Waals surface area contributed by atoms with E-state index in [1.807, 2.05) is 0 Å². The number of piperidine rings is 1. The van der Waals surface area contributed by atoms with Gasteiger partial charge >= 0.3 is 0 Å². The number of nitrogens with two attached hydrogens (primary N) is 1. The summed E-state index contributed by atoms with van der Waals surface area (Å²) in [6.45, 7) is 5.94. The summed E-state index contributed by atoms with van der Waals surface area (Å²) in [6.07, 6.45) is 7.05. The highest BCUT2D eigenvalue weighted by atomic mass is 16.2. The summed E-state index contributed by atoms with van der Waals surface area (Å²) in [5.74, 6) is 1.01. The molecule has 2 saturated heterocycles. The summed E-state index contributed by atoms with van der Waals surface area (Å²) in [5.41, 5.74) is 7.63. The van der Waals surface area contributed by atoms with Gasteiger partial charge in [0.15, 0.2) is 0 Å². The molecule has 26 heavy (non-hydrogen) atoms. The van der Waals surface area contributed by atoms with Crippen molar-refractivity contribution >= 4 is 5.91 Å². The molecule has 2 heterocycles. The molecule has 142 valence electrons. The van der Waals surface area contributed by atoms with E-state index in [2.05, 4.69) is 40.1 Å². The van der Waals surface area contributed by atoms with Crippen LogP contribution < -0.4 is 5.73 Å². The molecule has 1 unspecified atom stereocenters. The lowest BCUT2D eigenvalue weighted by molar-refractivity contribution is -0.136. The number of hydrogen-bond acceptors (Lipinski definition) is 3. The Hall–Kier alpha value is -1.39. The van der Waals surface area contributed by atoms with Crippen LogP contribution in [0.2, 0.25) is 0 Å². The second-order valence-corrected chi connectivity index (χ2v) is 8.84. The van der Waals surface area contributed by atoms with Crippen molar-refractivity contribution in [1.29, 1.82) is 0 Å². The molecular weight excluding hydrogens is 322 g/mol. The number of amides is 1. The maximum atomic E-state index is 13.1. The van der Waals surface area contributed by atoms with Crippen LogP contribution in [0.25, 0.3) is 0 Å². The number of carbonyl (C=O) groups excluding carboxylic acids is 1. The van der Waals surface area contributed by atoms with Gasteiger partial charge in [0.05, 0.1) is 0 Å². The molecule has 1 aliphatic carbocycles. The number of hydrogen-bond donors (Lipinski definition) is 1. The number of benzene rings is 1. The molecule has 1 spiro atoms. The van der Waals surface area contributed by atoms with Crippen molar-refractivity contribution in [2.45, 2.75) is 45.1 Å². The summed E-state index contributed by atoms with van der Waals surface area (Å²) in [6, 6.07) is 10.8. The molecule has 1 aromatic rings. The zero-order valence-electron chi connectivity index (χ0n) is 15.9. The van der Waals surface area contributed by atoms with Gasteiger partial charge in [-0.15, -0.1) is 0 Å². The summed E-state index contributed by atoms with van der Waals surface area (Å²) >= 11 is 0. The third-order valence-electron chi connectivity index (χ3n) is 7.02. The number of carbonyl (C=O) groups is 1. The second kappa shape index (κ2) is 7.69. The Morgan fingerprint density at radius 3 is 2.73 bits per heavy atom. The van der Waals surface area contributed by atoms with Gasteiger partial charge in [-0.05, 0) is 56.7 Å². The summed E-state index contributed by atoms with van der Waals surface area (Å²) in [5, 5.41) is 0. The van der Waals surface area contributed by atoms with Crippen molar-refractivity contribution in [3.8, 4) is 0 Å². The predicted octanol–water partition coefficient (Wildman–Crippen LogP) is 2.88. The molecule has 2 aliphatic heterocycles. The highest BCUT2D eigenvalue weighted by Gasteiger charge is 2.45. The standard InChI is InChI=1S/C22H33N3O/c23-14-19-8-4-9-20(19)21(26)25-13-11-22(17-25)10-5-12-24(16-22)15-18-6-2-1-3-7-18/h1-3,6-7,19-20H,4-5,8-17,23H2/t19-,20-,22?/m1/s1. The highest BCUT2D eigenvalue weighted by molar-refractivity contribution is 5.79. The van der Waals surface area contributed by atoms with Crippen LogP contribution >= 0.6 is 0 Å². The lowest BCUT2D eigenvalue weighted by Gasteiger charge is -2.40. The van der Waals surface area contributed by atoms with Gasteiger partial charge < -0.3 is 10.6 Å². The average Bonchev–Trinajstić information content (AvgIpc) is 3.29. The molecule has 0 aromatic heterocycles. The van der Waals surface area contributed by atoms with Gasteiger partial charge in [-0.25, -0.2) is 0 Å². The molecule has 2 N–H and O–H groups in total. The van der Waals surface area contributed by atoms with Crippen molar-refractivity contribution in [3.63, 3.8) is 0 Å². The normalized spacial score (nSPS) is 32.4. The summed E-state index contributed by atoms with van der Waals surface area (Å²) in [7, 11) is 0. The zero-order chi connectivity index (χ0) is 18.0. The first-order valence-corrected chi connectivity index (χ1v) is 10.4. The van der Waals surface area contributed by atoms with Crippen molar-refractivity contribution in [2.24, 2.45) is 23.0 Å². The first kappa shape index (κ1) is 18.0. The van der Waals surface area contributed by atoms with Crippen LogP contribution in [0.1, 0.15) is 44.1 Å². The van der Waals surface area contributed by atoms with Crippen molar-refractivity contribution in [1.82, 2.24) is 9.80 Å². The van der Waals surface area contributed by atoms with E-state index in [0.29, 0.717) is 23.8 Å². The Morgan fingerprint density at radius 1 is 1.08 bits per heavy atom. The van der Waals surface area contributed by atoms with Crippen LogP contribution in [-0.2, 0) is 11.3 Å². The largest absolute Gasteiger partial charge is 0.342 e. The smallest absolute Gasteiger partial charge is 0.226 e. The summed E-state index contributed by atoms with van der Waals surface area (Å²) in [4.78, 5) is 17.9. The Labute approximate surface area is 157 Å². The van der Waals surface area contributed by atoms with Crippen LogP contribution in [0.4, 0.5) is 0 Å². The molecular formula is C22H33N3O. The van der Waals surface area contributed by atoms with Gasteiger partial charge in [-0.1, -0.05) is 36.8 Å². The van der Waals surface area contributed by atoms with Crippen molar-refractivity contribution < 1.29 is 4.79 Å². The number of likely N-dealkylation sites (tertiary alicyclic amines) is 2. The van der Waals surface area contributed by atoms with E-state index in [-0.39, 0.29) is 5.92 Å². The maximum Gasteiger partial charge on any atom is 0.226 e. The fourth-order valence-electron chi connectivity index (χ4n) is 5.62. The third kappa shape index (κ3) is 3.67. The van der Waals surface area contributed by atoms with Crippen LogP contribution in [0, 0.1) is 17.3 Å². The quantitative estimate of drug-likeness (QED) is 0.903. The SMILES string of the molecule is NC[C@H]1CCC[C@H]1C(=O)N1CCC2(CCCN(Cc3ccccc3)C2)C1. The van der Waals surface area contributed by atoms with E-state index in [1.54, 1.807) is 0 Å². The Morgan fingerprint density at radius 2 is 1.92 bits per heavy atom. The van der Waals surface area contributed by atoms with Gasteiger partial charge in [0.2, 0.25) is 5.91 Å². The molecule has 4 rings (SSSR count). The maximum absolute atomic E-state index is 13.1. The van der Waals surface area contributed by atoms with Crippen LogP contribution in [0.3, 0.4) is 0 Å². The molecule has 1 saturated carbocycles. The lowest BCUT2D eigenvalue weighted by atomic mass is 9.79. The summed E-state index contributed by atoms with van der Waals surface area (Å²) < 4.78 is 0. The minimum Gasteiger partial charge on any atom is -0.342 e. The molecule has 4 heteroatoms. The minimum atomic E-state index is 0.194. The average molecular weight is 356 g/mol. The molecule has 3 atom stereocenters. The van der Waals surface area contributed by atoms with Crippen LogP contribution in [0.15, 0.2) is 30.3 Å². The van der Waals surface area contributed by atoms with Gasteiger partial charge in [0, 0.05) is 37.5 Å². The van der Waals surface area contributed by atoms with Gasteiger partial charge in [0.25, 0.3) is 0 Å². The van der Waals surface area contributed by atoms with E-state index in [0.717, 1.165) is 39.0 Å². The molecule has 0 bridgehead atoms. The fraction of sp³-hybridized carbons (Fsp3) is 0.682. The van der Waals surface area contributed by atoms with E-state index < -0.39 is 0 Å². The van der Waals surface area contributed by atoms with Gasteiger partial charge in [0.1, 0.15) is 0 Å². The van der Waals surface area contributed by atoms with E-state index in [4.69, 9.17) is 5.73 Å². The second-order valence-electron chi connectivity index (χ2n) is 8.84. The van der Waals surface area contributed by atoms with Crippen LogP contribution in [0.5, 0.6) is 0 Å². The lowest BCUT2D eigenvalue weighted by Crippen LogP contribution is -2.46. The fourth-order valence-corrected chi connectivity index (χ4v) is 5.62. The molecule has 3 fully saturated rings. The molecule has 1 aromatic carbocycles.